The second-order valence-corrected chi connectivity index (χ2v) is 7.47. The molecule has 2 aromatic rings. The number of carbonyl (C=O) groups excluding carboxylic acids is 2. The molecule has 0 radical (unpaired) electrons. The summed E-state index contributed by atoms with van der Waals surface area (Å²) in [4.78, 5) is 26.6. The van der Waals surface area contributed by atoms with E-state index in [2.05, 4.69) is 29.6 Å². The van der Waals surface area contributed by atoms with Gasteiger partial charge in [-0.1, -0.05) is 36.8 Å². The molecule has 1 atom stereocenters. The largest absolute Gasteiger partial charge is 0.467 e. The fourth-order valence-corrected chi connectivity index (χ4v) is 4.05. The average Bonchev–Trinajstić information content (AvgIpc) is 3.25. The van der Waals surface area contributed by atoms with Crippen molar-refractivity contribution in [1.29, 1.82) is 0 Å². The number of benzene rings is 1. The van der Waals surface area contributed by atoms with Crippen molar-refractivity contribution in [3.8, 4) is 0 Å². The minimum atomic E-state index is -0.273. The first-order chi connectivity index (χ1) is 12.7. The van der Waals surface area contributed by atoms with E-state index in [1.165, 1.54) is 12.0 Å². The zero-order chi connectivity index (χ0) is 18.0. The van der Waals surface area contributed by atoms with Crippen molar-refractivity contribution in [2.75, 3.05) is 13.1 Å². The molecular weight excluding hydrogens is 328 g/mol. The van der Waals surface area contributed by atoms with Crippen molar-refractivity contribution in [2.45, 2.75) is 37.6 Å². The summed E-state index contributed by atoms with van der Waals surface area (Å²) in [6.07, 6.45) is 5.28. The molecule has 1 aromatic heterocycles. The first kappa shape index (κ1) is 16.9. The molecule has 26 heavy (non-hydrogen) atoms. The first-order valence-corrected chi connectivity index (χ1v) is 9.30. The van der Waals surface area contributed by atoms with Crippen LogP contribution in [-0.2, 0) is 21.5 Å². The standard InChI is InChI=1S/C21H24N2O3/c24-19-12-16(13-23(19)14-18-8-4-11-26-18)20(25)22-15-21(9-5-10-21)17-6-2-1-3-7-17/h1-4,6-8,11,16H,5,9-10,12-15H2,(H,22,25). The molecule has 1 aromatic carbocycles. The van der Waals surface area contributed by atoms with Crippen LogP contribution in [0.1, 0.15) is 37.0 Å². The summed E-state index contributed by atoms with van der Waals surface area (Å²) >= 11 is 0. The summed E-state index contributed by atoms with van der Waals surface area (Å²) in [6, 6.07) is 14.1. The second kappa shape index (κ2) is 6.98. The Balaban J connectivity index is 1.34. The molecule has 136 valence electrons. The summed E-state index contributed by atoms with van der Waals surface area (Å²) in [6.45, 7) is 1.55. The van der Waals surface area contributed by atoms with Gasteiger partial charge in [-0.15, -0.1) is 0 Å². The number of nitrogens with zero attached hydrogens (tertiary/aromatic N) is 1. The van der Waals surface area contributed by atoms with Gasteiger partial charge in [0.05, 0.1) is 18.7 Å². The van der Waals surface area contributed by atoms with E-state index in [9.17, 15) is 9.59 Å². The monoisotopic (exact) mass is 352 g/mol. The predicted octanol–water partition coefficient (Wildman–Crippen LogP) is 2.87. The zero-order valence-corrected chi connectivity index (χ0v) is 14.8. The van der Waals surface area contributed by atoms with Crippen molar-refractivity contribution in [1.82, 2.24) is 10.2 Å². The van der Waals surface area contributed by atoms with Gasteiger partial charge in [0.25, 0.3) is 0 Å². The van der Waals surface area contributed by atoms with Gasteiger partial charge in [0.1, 0.15) is 5.76 Å². The normalized spacial score (nSPS) is 21.5. The van der Waals surface area contributed by atoms with Gasteiger partial charge in [0.2, 0.25) is 11.8 Å². The van der Waals surface area contributed by atoms with Crippen LogP contribution in [0.15, 0.2) is 53.1 Å². The number of rotatable bonds is 6. The smallest absolute Gasteiger partial charge is 0.225 e. The third kappa shape index (κ3) is 3.26. The van der Waals surface area contributed by atoms with Crippen LogP contribution >= 0.6 is 0 Å². The molecule has 5 nitrogen and oxygen atoms in total. The summed E-state index contributed by atoms with van der Waals surface area (Å²) in [7, 11) is 0. The van der Waals surface area contributed by atoms with Gasteiger partial charge in [-0.3, -0.25) is 9.59 Å². The molecule has 1 aliphatic carbocycles. The Kier molecular flexibility index (Phi) is 4.53. The van der Waals surface area contributed by atoms with Crippen LogP contribution < -0.4 is 5.32 Å². The SMILES string of the molecule is O=C(NCC1(c2ccccc2)CCC1)C1CC(=O)N(Cc2ccco2)C1. The second-order valence-electron chi connectivity index (χ2n) is 7.47. The molecule has 4 rings (SSSR count). The third-order valence-corrected chi connectivity index (χ3v) is 5.81. The lowest BCUT2D eigenvalue weighted by molar-refractivity contribution is -0.129. The van der Waals surface area contributed by atoms with Gasteiger partial charge in [-0.25, -0.2) is 0 Å². The molecule has 2 fully saturated rings. The van der Waals surface area contributed by atoms with E-state index in [4.69, 9.17) is 4.42 Å². The Morgan fingerprint density at radius 1 is 1.19 bits per heavy atom. The highest BCUT2D eigenvalue weighted by Gasteiger charge is 2.40. The van der Waals surface area contributed by atoms with Crippen LogP contribution in [0.2, 0.25) is 0 Å². The highest BCUT2D eigenvalue weighted by atomic mass is 16.3. The van der Waals surface area contributed by atoms with Crippen molar-refractivity contribution in [2.24, 2.45) is 5.92 Å². The van der Waals surface area contributed by atoms with Gasteiger partial charge in [-0.05, 0) is 30.5 Å². The van der Waals surface area contributed by atoms with Gasteiger partial charge in [-0.2, -0.15) is 0 Å². The molecule has 2 amide bonds. The highest BCUT2D eigenvalue weighted by Crippen LogP contribution is 2.43. The van der Waals surface area contributed by atoms with Crippen molar-refractivity contribution in [3.63, 3.8) is 0 Å². The Morgan fingerprint density at radius 3 is 2.65 bits per heavy atom. The fraction of sp³-hybridized carbons (Fsp3) is 0.429. The number of nitrogens with one attached hydrogen (secondary N) is 1. The van der Waals surface area contributed by atoms with Crippen molar-refractivity contribution >= 4 is 11.8 Å². The summed E-state index contributed by atoms with van der Waals surface area (Å²) < 4.78 is 5.31. The van der Waals surface area contributed by atoms with Crippen LogP contribution in [0.5, 0.6) is 0 Å². The average molecular weight is 352 g/mol. The van der Waals surface area contributed by atoms with Crippen molar-refractivity contribution < 1.29 is 14.0 Å². The number of hydrogen-bond acceptors (Lipinski definition) is 3. The molecule has 2 heterocycles. The molecule has 2 aliphatic rings. The Labute approximate surface area is 153 Å². The predicted molar refractivity (Wildman–Crippen MR) is 97.2 cm³/mol. The number of hydrogen-bond donors (Lipinski definition) is 1. The molecular formula is C21H24N2O3. The van der Waals surface area contributed by atoms with Gasteiger partial charge < -0.3 is 14.6 Å². The lowest BCUT2D eigenvalue weighted by Gasteiger charge is -2.42. The van der Waals surface area contributed by atoms with Crippen LogP contribution in [0, 0.1) is 5.92 Å². The highest BCUT2D eigenvalue weighted by molar-refractivity contribution is 5.89. The van der Waals surface area contributed by atoms with Crippen molar-refractivity contribution in [3.05, 3.63) is 60.1 Å². The van der Waals surface area contributed by atoms with E-state index < -0.39 is 0 Å². The van der Waals surface area contributed by atoms with Crippen LogP contribution in [-0.4, -0.2) is 29.8 Å². The molecule has 1 N–H and O–H groups in total. The molecule has 0 bridgehead atoms. The topological polar surface area (TPSA) is 62.6 Å². The summed E-state index contributed by atoms with van der Waals surface area (Å²) in [5, 5.41) is 3.12. The van der Waals surface area contributed by atoms with Crippen LogP contribution in [0.25, 0.3) is 0 Å². The van der Waals surface area contributed by atoms with Crippen LogP contribution in [0.4, 0.5) is 0 Å². The van der Waals surface area contributed by atoms with E-state index in [0.29, 0.717) is 19.6 Å². The van der Waals surface area contributed by atoms with E-state index in [0.717, 1.165) is 18.6 Å². The fourth-order valence-electron chi connectivity index (χ4n) is 4.05. The molecule has 0 spiro atoms. The molecule has 1 saturated heterocycles. The third-order valence-electron chi connectivity index (χ3n) is 5.81. The number of likely N-dealkylation sites (tertiary alicyclic amines) is 1. The Bertz CT molecular complexity index is 766. The zero-order valence-electron chi connectivity index (χ0n) is 14.8. The maximum absolute atomic E-state index is 12.6. The number of furan rings is 1. The Morgan fingerprint density at radius 2 is 2.00 bits per heavy atom. The number of amides is 2. The summed E-state index contributed by atoms with van der Waals surface area (Å²) in [5.41, 5.74) is 1.36. The Hall–Kier alpha value is -2.56. The van der Waals surface area contributed by atoms with E-state index >= 15 is 0 Å². The lowest BCUT2D eigenvalue weighted by Crippen LogP contribution is -2.47. The minimum Gasteiger partial charge on any atom is -0.467 e. The lowest BCUT2D eigenvalue weighted by atomic mass is 9.64. The van der Waals surface area contributed by atoms with Crippen LogP contribution in [0.3, 0.4) is 0 Å². The van der Waals surface area contributed by atoms with Gasteiger partial charge in [0, 0.05) is 24.9 Å². The van der Waals surface area contributed by atoms with E-state index in [1.807, 2.05) is 18.2 Å². The molecule has 1 unspecified atom stereocenters. The minimum absolute atomic E-state index is 0.0116. The summed E-state index contributed by atoms with van der Waals surface area (Å²) in [5.74, 6) is 0.479. The quantitative estimate of drug-likeness (QED) is 0.869. The molecule has 1 aliphatic heterocycles. The molecule has 1 saturated carbocycles. The van der Waals surface area contributed by atoms with E-state index in [1.54, 1.807) is 11.2 Å². The van der Waals surface area contributed by atoms with E-state index in [-0.39, 0.29) is 29.6 Å². The first-order valence-electron chi connectivity index (χ1n) is 9.30. The van der Waals surface area contributed by atoms with Gasteiger partial charge >= 0.3 is 0 Å². The molecule has 5 heteroatoms. The van der Waals surface area contributed by atoms with Gasteiger partial charge in [0.15, 0.2) is 0 Å². The maximum Gasteiger partial charge on any atom is 0.225 e. The number of carbonyl (C=O) groups is 2. The maximum atomic E-state index is 12.6.